The van der Waals surface area contributed by atoms with Gasteiger partial charge in [0, 0.05) is 17.6 Å². The Bertz CT molecular complexity index is 1090. The Morgan fingerprint density at radius 1 is 1.27 bits per heavy atom. The van der Waals surface area contributed by atoms with E-state index in [-0.39, 0.29) is 5.91 Å². The normalized spacial score (nSPS) is 15.6. The molecule has 1 aliphatic carbocycles. The molecule has 1 amide bonds. The van der Waals surface area contributed by atoms with Crippen LogP contribution in [-0.2, 0) is 19.3 Å². The molecule has 3 aromatic rings. The number of rotatable bonds is 6. The number of pyridine rings is 1. The van der Waals surface area contributed by atoms with E-state index in [0.717, 1.165) is 40.7 Å². The number of nitrogen functional groups attached to an aromatic ring is 1. The predicted octanol–water partition coefficient (Wildman–Crippen LogP) is 3.99. The minimum atomic E-state index is -0.151. The molecule has 2 aromatic heterocycles. The van der Waals surface area contributed by atoms with Crippen molar-refractivity contribution in [1.29, 1.82) is 0 Å². The van der Waals surface area contributed by atoms with E-state index in [1.165, 1.54) is 16.9 Å². The van der Waals surface area contributed by atoms with Gasteiger partial charge in [-0.1, -0.05) is 13.0 Å². The van der Waals surface area contributed by atoms with E-state index in [2.05, 4.69) is 18.3 Å². The summed E-state index contributed by atoms with van der Waals surface area (Å²) >= 11 is 1.38. The van der Waals surface area contributed by atoms with Crippen LogP contribution in [0, 0.1) is 5.92 Å². The van der Waals surface area contributed by atoms with Gasteiger partial charge >= 0.3 is 0 Å². The van der Waals surface area contributed by atoms with Crippen molar-refractivity contribution in [3.8, 4) is 11.5 Å². The molecule has 158 valence electrons. The van der Waals surface area contributed by atoms with Gasteiger partial charge in [0.15, 0.2) is 11.5 Å². The van der Waals surface area contributed by atoms with Gasteiger partial charge in [0.1, 0.15) is 9.71 Å². The highest BCUT2D eigenvalue weighted by Crippen LogP contribution is 2.36. The first kappa shape index (κ1) is 20.5. The Kier molecular flexibility index (Phi) is 5.81. The van der Waals surface area contributed by atoms with Crippen molar-refractivity contribution in [3.63, 3.8) is 0 Å². The fraction of sp³-hybridized carbons (Fsp3) is 0.391. The third kappa shape index (κ3) is 3.94. The Hall–Kier alpha value is -2.80. The lowest BCUT2D eigenvalue weighted by Crippen LogP contribution is -2.25. The number of hydrogen-bond acceptors (Lipinski definition) is 6. The minimum Gasteiger partial charge on any atom is -0.493 e. The number of amides is 1. The van der Waals surface area contributed by atoms with Crippen LogP contribution in [0.15, 0.2) is 24.3 Å². The lowest BCUT2D eigenvalue weighted by molar-refractivity contribution is 0.0959. The average molecular weight is 426 g/mol. The van der Waals surface area contributed by atoms with Crippen LogP contribution < -0.4 is 20.5 Å². The number of methoxy groups -OCH3 is 2. The van der Waals surface area contributed by atoms with Crippen molar-refractivity contribution in [2.24, 2.45) is 5.92 Å². The van der Waals surface area contributed by atoms with Gasteiger partial charge in [0.2, 0.25) is 0 Å². The first-order valence-corrected chi connectivity index (χ1v) is 11.0. The van der Waals surface area contributed by atoms with E-state index in [0.29, 0.717) is 40.9 Å². The summed E-state index contributed by atoms with van der Waals surface area (Å²) in [6.45, 7) is 2.77. The molecule has 6 nitrogen and oxygen atoms in total. The van der Waals surface area contributed by atoms with Gasteiger partial charge in [-0.3, -0.25) is 4.79 Å². The van der Waals surface area contributed by atoms with Gasteiger partial charge in [-0.05, 0) is 60.9 Å². The number of nitrogens with two attached hydrogens (primary N) is 1. The number of anilines is 1. The van der Waals surface area contributed by atoms with E-state index in [1.54, 1.807) is 14.2 Å². The number of carbonyl (C=O) groups excluding carboxylic acids is 1. The summed E-state index contributed by atoms with van der Waals surface area (Å²) in [5.74, 6) is 1.88. The number of carbonyl (C=O) groups is 1. The van der Waals surface area contributed by atoms with Gasteiger partial charge in [-0.2, -0.15) is 0 Å². The molecule has 0 radical (unpaired) electrons. The molecule has 0 aliphatic heterocycles. The zero-order chi connectivity index (χ0) is 21.3. The standard InChI is InChI=1S/C23H27N3O3S/c1-13-4-6-17-15(10-13)12-16-20(24)21(30-23(16)26-17)22(27)25-9-8-14-5-7-18(28-2)19(11-14)29-3/h5,7,11-13H,4,6,8-10,24H2,1-3H3,(H,25,27). The van der Waals surface area contributed by atoms with Gasteiger partial charge in [-0.25, -0.2) is 4.98 Å². The van der Waals surface area contributed by atoms with Crippen LogP contribution in [0.5, 0.6) is 11.5 Å². The molecular weight excluding hydrogens is 398 g/mol. The maximum atomic E-state index is 12.8. The number of aryl methyl sites for hydroxylation is 1. The Morgan fingerprint density at radius 3 is 2.83 bits per heavy atom. The van der Waals surface area contributed by atoms with Crippen LogP contribution in [0.4, 0.5) is 5.69 Å². The van der Waals surface area contributed by atoms with Crippen LogP contribution in [0.2, 0.25) is 0 Å². The summed E-state index contributed by atoms with van der Waals surface area (Å²) in [5.41, 5.74) is 10.4. The van der Waals surface area contributed by atoms with Crippen molar-refractivity contribution < 1.29 is 14.3 Å². The van der Waals surface area contributed by atoms with E-state index in [4.69, 9.17) is 20.2 Å². The first-order chi connectivity index (χ1) is 14.5. The SMILES string of the molecule is COc1ccc(CCNC(=O)c2sc3nc4c(cc3c2N)CC(C)CC4)cc1OC. The van der Waals surface area contributed by atoms with Crippen LogP contribution in [0.25, 0.3) is 10.2 Å². The number of nitrogens with one attached hydrogen (secondary N) is 1. The fourth-order valence-corrected chi connectivity index (χ4v) is 4.99. The summed E-state index contributed by atoms with van der Waals surface area (Å²) in [4.78, 5) is 19.0. The third-order valence-electron chi connectivity index (χ3n) is 5.69. The lowest BCUT2D eigenvalue weighted by atomic mass is 9.87. The zero-order valence-electron chi connectivity index (χ0n) is 17.6. The van der Waals surface area contributed by atoms with Crippen LogP contribution in [-0.4, -0.2) is 31.7 Å². The quantitative estimate of drug-likeness (QED) is 0.624. The molecule has 30 heavy (non-hydrogen) atoms. The molecule has 0 spiro atoms. The zero-order valence-corrected chi connectivity index (χ0v) is 18.4. The molecule has 0 saturated heterocycles. The molecule has 7 heteroatoms. The molecule has 1 aromatic carbocycles. The summed E-state index contributed by atoms with van der Waals surface area (Å²) in [6, 6.07) is 7.90. The molecule has 0 bridgehead atoms. The van der Waals surface area contributed by atoms with Crippen LogP contribution in [0.3, 0.4) is 0 Å². The fourth-order valence-electron chi connectivity index (χ4n) is 3.98. The highest BCUT2D eigenvalue weighted by molar-refractivity contribution is 7.21. The van der Waals surface area contributed by atoms with Gasteiger partial charge in [0.05, 0.1) is 19.9 Å². The topological polar surface area (TPSA) is 86.5 Å². The van der Waals surface area contributed by atoms with Crippen molar-refractivity contribution in [3.05, 3.63) is 46.0 Å². The van der Waals surface area contributed by atoms with E-state index in [9.17, 15) is 4.79 Å². The second-order valence-electron chi connectivity index (χ2n) is 7.83. The van der Waals surface area contributed by atoms with Gasteiger partial charge in [0.25, 0.3) is 5.91 Å². The number of nitrogens with zero attached hydrogens (tertiary/aromatic N) is 1. The number of aromatic nitrogens is 1. The molecule has 1 unspecified atom stereocenters. The Morgan fingerprint density at radius 2 is 2.07 bits per heavy atom. The third-order valence-corrected chi connectivity index (χ3v) is 6.80. The predicted molar refractivity (Wildman–Crippen MR) is 121 cm³/mol. The van der Waals surface area contributed by atoms with Gasteiger partial charge in [-0.15, -0.1) is 11.3 Å². The summed E-state index contributed by atoms with van der Waals surface area (Å²) in [7, 11) is 3.22. The summed E-state index contributed by atoms with van der Waals surface area (Å²) in [5, 5.41) is 3.88. The van der Waals surface area contributed by atoms with Crippen molar-refractivity contribution in [1.82, 2.24) is 10.3 Å². The molecular formula is C23H27N3O3S. The second-order valence-corrected chi connectivity index (χ2v) is 8.83. The van der Waals surface area contributed by atoms with Crippen molar-refractivity contribution >= 4 is 33.1 Å². The molecule has 4 rings (SSSR count). The van der Waals surface area contributed by atoms with Crippen molar-refractivity contribution in [2.45, 2.75) is 32.6 Å². The van der Waals surface area contributed by atoms with Crippen LogP contribution in [0.1, 0.15) is 39.8 Å². The van der Waals surface area contributed by atoms with Crippen molar-refractivity contribution in [2.75, 3.05) is 26.5 Å². The molecule has 0 saturated carbocycles. The molecule has 1 atom stereocenters. The smallest absolute Gasteiger partial charge is 0.263 e. The number of benzene rings is 1. The summed E-state index contributed by atoms with van der Waals surface area (Å²) in [6.07, 6.45) is 3.87. The summed E-state index contributed by atoms with van der Waals surface area (Å²) < 4.78 is 10.6. The van der Waals surface area contributed by atoms with E-state index < -0.39 is 0 Å². The highest BCUT2D eigenvalue weighted by Gasteiger charge is 2.22. The molecule has 3 N–H and O–H groups in total. The first-order valence-electron chi connectivity index (χ1n) is 10.2. The number of fused-ring (bicyclic) bond motifs is 2. The minimum absolute atomic E-state index is 0.151. The number of hydrogen-bond donors (Lipinski definition) is 2. The number of ether oxygens (including phenoxy) is 2. The molecule has 0 fully saturated rings. The highest BCUT2D eigenvalue weighted by atomic mass is 32.1. The van der Waals surface area contributed by atoms with E-state index in [1.807, 2.05) is 18.2 Å². The Labute approximate surface area is 180 Å². The average Bonchev–Trinajstić information content (AvgIpc) is 3.07. The lowest BCUT2D eigenvalue weighted by Gasteiger charge is -2.20. The molecule has 1 aliphatic rings. The molecule has 2 heterocycles. The number of thiophene rings is 1. The maximum Gasteiger partial charge on any atom is 0.263 e. The second kappa shape index (κ2) is 8.52. The van der Waals surface area contributed by atoms with E-state index >= 15 is 0 Å². The maximum absolute atomic E-state index is 12.8. The Balaban J connectivity index is 1.46. The van der Waals surface area contributed by atoms with Gasteiger partial charge < -0.3 is 20.5 Å². The largest absolute Gasteiger partial charge is 0.493 e. The monoisotopic (exact) mass is 425 g/mol. The van der Waals surface area contributed by atoms with Crippen LogP contribution >= 0.6 is 11.3 Å².